The number of rotatable bonds is 2. The number of hydrogen-bond donors (Lipinski definition) is 3. The van der Waals surface area contributed by atoms with Gasteiger partial charge in [-0.3, -0.25) is 4.79 Å². The van der Waals surface area contributed by atoms with Crippen molar-refractivity contribution in [2.24, 2.45) is 11.5 Å². The minimum absolute atomic E-state index is 0.166. The van der Waals surface area contributed by atoms with Crippen LogP contribution in [-0.4, -0.2) is 28.8 Å². The van der Waals surface area contributed by atoms with Crippen LogP contribution >= 0.6 is 0 Å². The third kappa shape index (κ3) is 1.33. The van der Waals surface area contributed by atoms with Gasteiger partial charge in [0.25, 0.3) is 5.91 Å². The van der Waals surface area contributed by atoms with Gasteiger partial charge in [-0.2, -0.15) is 5.10 Å². The Morgan fingerprint density at radius 3 is 3.21 bits per heavy atom. The predicted molar refractivity (Wildman–Crippen MR) is 51.9 cm³/mol. The van der Waals surface area contributed by atoms with E-state index < -0.39 is 5.91 Å². The van der Waals surface area contributed by atoms with Crippen LogP contribution in [0.4, 0.5) is 5.82 Å². The van der Waals surface area contributed by atoms with Gasteiger partial charge in [-0.1, -0.05) is 0 Å². The zero-order valence-corrected chi connectivity index (χ0v) is 7.73. The van der Waals surface area contributed by atoms with E-state index >= 15 is 0 Å². The highest BCUT2D eigenvalue weighted by Gasteiger charge is 2.21. The molecule has 2 rings (SSSR count). The molecule has 0 bridgehead atoms. The average Bonchev–Trinajstić information content (AvgIpc) is 2.60. The van der Waals surface area contributed by atoms with Crippen LogP contribution in [0.1, 0.15) is 23.0 Å². The third-order valence-electron chi connectivity index (χ3n) is 2.39. The van der Waals surface area contributed by atoms with Crippen LogP contribution < -0.4 is 16.8 Å². The summed E-state index contributed by atoms with van der Waals surface area (Å²) in [5, 5.41) is 7.24. The van der Waals surface area contributed by atoms with E-state index in [0.717, 1.165) is 18.8 Å². The van der Waals surface area contributed by atoms with Gasteiger partial charge in [0.2, 0.25) is 0 Å². The van der Waals surface area contributed by atoms with Gasteiger partial charge >= 0.3 is 0 Å². The molecule has 0 fully saturated rings. The SMILES string of the molecule is NCC1CCNc2cc(C(N)=O)nn21. The second-order valence-electron chi connectivity index (χ2n) is 3.33. The van der Waals surface area contributed by atoms with E-state index in [1.807, 2.05) is 0 Å². The lowest BCUT2D eigenvalue weighted by Gasteiger charge is -2.23. The molecule has 0 radical (unpaired) electrons. The molecule has 1 aromatic rings. The summed E-state index contributed by atoms with van der Waals surface area (Å²) in [4.78, 5) is 10.9. The zero-order chi connectivity index (χ0) is 10.1. The van der Waals surface area contributed by atoms with E-state index in [-0.39, 0.29) is 11.7 Å². The normalized spacial score (nSPS) is 19.9. The molecule has 1 unspecified atom stereocenters. The molecule has 2 heterocycles. The number of nitrogens with one attached hydrogen (secondary N) is 1. The number of hydrogen-bond acceptors (Lipinski definition) is 4. The van der Waals surface area contributed by atoms with Crippen molar-refractivity contribution in [1.82, 2.24) is 9.78 Å². The maximum absolute atomic E-state index is 10.9. The molecule has 1 amide bonds. The number of anilines is 1. The van der Waals surface area contributed by atoms with E-state index in [4.69, 9.17) is 11.5 Å². The molecular formula is C8H13N5O. The fourth-order valence-corrected chi connectivity index (χ4v) is 1.63. The molecule has 1 aliphatic heterocycles. The lowest BCUT2D eigenvalue weighted by molar-refractivity contribution is 0.0994. The second kappa shape index (κ2) is 3.30. The number of carbonyl (C=O) groups excluding carboxylic acids is 1. The molecule has 0 spiro atoms. The van der Waals surface area contributed by atoms with Crippen molar-refractivity contribution in [2.45, 2.75) is 12.5 Å². The fourth-order valence-electron chi connectivity index (χ4n) is 1.63. The van der Waals surface area contributed by atoms with Crippen LogP contribution in [0.3, 0.4) is 0 Å². The van der Waals surface area contributed by atoms with Crippen LogP contribution in [0.2, 0.25) is 0 Å². The first-order chi connectivity index (χ1) is 6.72. The Kier molecular flexibility index (Phi) is 2.12. The van der Waals surface area contributed by atoms with E-state index in [1.54, 1.807) is 10.7 Å². The summed E-state index contributed by atoms with van der Waals surface area (Å²) in [7, 11) is 0. The molecule has 0 saturated carbocycles. The number of nitrogens with zero attached hydrogens (tertiary/aromatic N) is 2. The number of amides is 1. The summed E-state index contributed by atoms with van der Waals surface area (Å²) in [6.45, 7) is 1.38. The lowest BCUT2D eigenvalue weighted by atomic mass is 10.2. The van der Waals surface area contributed by atoms with Crippen molar-refractivity contribution in [3.05, 3.63) is 11.8 Å². The number of nitrogens with two attached hydrogens (primary N) is 2. The van der Waals surface area contributed by atoms with Gasteiger partial charge in [-0.05, 0) is 6.42 Å². The Balaban J connectivity index is 2.38. The summed E-state index contributed by atoms with van der Waals surface area (Å²) in [6, 6.07) is 1.82. The second-order valence-corrected chi connectivity index (χ2v) is 3.33. The molecular weight excluding hydrogens is 182 g/mol. The Morgan fingerprint density at radius 2 is 2.57 bits per heavy atom. The van der Waals surface area contributed by atoms with Gasteiger partial charge in [0.1, 0.15) is 5.82 Å². The van der Waals surface area contributed by atoms with E-state index in [2.05, 4.69) is 10.4 Å². The fraction of sp³-hybridized carbons (Fsp3) is 0.500. The topological polar surface area (TPSA) is 99.0 Å². The molecule has 0 aliphatic carbocycles. The van der Waals surface area contributed by atoms with Crippen LogP contribution in [0.25, 0.3) is 0 Å². The van der Waals surface area contributed by atoms with Crippen LogP contribution in [0, 0.1) is 0 Å². The number of aromatic nitrogens is 2. The molecule has 1 atom stereocenters. The molecule has 0 aromatic carbocycles. The monoisotopic (exact) mass is 195 g/mol. The molecule has 5 N–H and O–H groups in total. The predicted octanol–water partition coefficient (Wildman–Crippen LogP) is -0.703. The van der Waals surface area contributed by atoms with Gasteiger partial charge < -0.3 is 16.8 Å². The van der Waals surface area contributed by atoms with Crippen LogP contribution in [0.5, 0.6) is 0 Å². The van der Waals surface area contributed by atoms with E-state index in [0.29, 0.717) is 6.54 Å². The summed E-state index contributed by atoms with van der Waals surface area (Å²) >= 11 is 0. The highest BCUT2D eigenvalue weighted by Crippen LogP contribution is 2.22. The number of carbonyl (C=O) groups is 1. The van der Waals surface area contributed by atoms with Crippen molar-refractivity contribution >= 4 is 11.7 Å². The summed E-state index contributed by atoms with van der Waals surface area (Å²) < 4.78 is 1.74. The molecule has 6 nitrogen and oxygen atoms in total. The van der Waals surface area contributed by atoms with Crippen molar-refractivity contribution in [1.29, 1.82) is 0 Å². The lowest BCUT2D eigenvalue weighted by Crippen LogP contribution is -2.29. The summed E-state index contributed by atoms with van der Waals surface area (Å²) in [5.41, 5.74) is 11.0. The quantitative estimate of drug-likeness (QED) is 0.581. The standard InChI is InChI=1S/C8H13N5O/c9-4-5-1-2-11-7-3-6(8(10)14)12-13(5)7/h3,5,11H,1-2,4,9H2,(H2,10,14). The first-order valence-electron chi connectivity index (χ1n) is 4.55. The maximum atomic E-state index is 10.9. The first kappa shape index (κ1) is 9.01. The highest BCUT2D eigenvalue weighted by atomic mass is 16.1. The Hall–Kier alpha value is -1.56. The molecule has 6 heteroatoms. The van der Waals surface area contributed by atoms with Crippen molar-refractivity contribution in [2.75, 3.05) is 18.4 Å². The van der Waals surface area contributed by atoms with Gasteiger partial charge in [-0.25, -0.2) is 4.68 Å². The number of primary amides is 1. The maximum Gasteiger partial charge on any atom is 0.269 e. The zero-order valence-electron chi connectivity index (χ0n) is 7.73. The molecule has 76 valence electrons. The summed E-state index contributed by atoms with van der Waals surface area (Å²) in [5.74, 6) is 0.310. The van der Waals surface area contributed by atoms with Crippen molar-refractivity contribution < 1.29 is 4.79 Å². The van der Waals surface area contributed by atoms with Crippen LogP contribution in [0.15, 0.2) is 6.07 Å². The largest absolute Gasteiger partial charge is 0.370 e. The first-order valence-corrected chi connectivity index (χ1v) is 4.55. The van der Waals surface area contributed by atoms with Gasteiger partial charge in [0.05, 0.1) is 6.04 Å². The van der Waals surface area contributed by atoms with Crippen LogP contribution in [-0.2, 0) is 0 Å². The van der Waals surface area contributed by atoms with Gasteiger partial charge in [-0.15, -0.1) is 0 Å². The van der Waals surface area contributed by atoms with Crippen molar-refractivity contribution in [3.63, 3.8) is 0 Å². The van der Waals surface area contributed by atoms with E-state index in [1.165, 1.54) is 0 Å². The van der Waals surface area contributed by atoms with Gasteiger partial charge in [0, 0.05) is 19.2 Å². The minimum Gasteiger partial charge on any atom is -0.370 e. The van der Waals surface area contributed by atoms with Gasteiger partial charge in [0.15, 0.2) is 5.69 Å². The molecule has 1 aliphatic rings. The Bertz CT molecular complexity index is 359. The smallest absolute Gasteiger partial charge is 0.269 e. The minimum atomic E-state index is -0.510. The molecule has 0 saturated heterocycles. The highest BCUT2D eigenvalue weighted by molar-refractivity contribution is 5.91. The third-order valence-corrected chi connectivity index (χ3v) is 2.39. The Labute approximate surface area is 81.2 Å². The summed E-state index contributed by atoms with van der Waals surface area (Å²) in [6.07, 6.45) is 0.920. The van der Waals surface area contributed by atoms with E-state index in [9.17, 15) is 4.79 Å². The Morgan fingerprint density at radius 1 is 1.79 bits per heavy atom. The number of fused-ring (bicyclic) bond motifs is 1. The average molecular weight is 195 g/mol. The molecule has 14 heavy (non-hydrogen) atoms. The van der Waals surface area contributed by atoms with Crippen molar-refractivity contribution in [3.8, 4) is 0 Å². The molecule has 1 aromatic heterocycles.